The summed E-state index contributed by atoms with van der Waals surface area (Å²) >= 11 is 1.26. The number of carbonyl (C=O) groups is 1. The van der Waals surface area contributed by atoms with Crippen molar-refractivity contribution in [1.29, 1.82) is 0 Å². The summed E-state index contributed by atoms with van der Waals surface area (Å²) in [6.45, 7) is 0. The summed E-state index contributed by atoms with van der Waals surface area (Å²) in [4.78, 5) is 15.7. The molecule has 2 aromatic rings. The van der Waals surface area contributed by atoms with Gasteiger partial charge in [-0.1, -0.05) is 6.07 Å². The predicted molar refractivity (Wildman–Crippen MR) is 65.3 cm³/mol. The van der Waals surface area contributed by atoms with E-state index in [1.54, 1.807) is 5.38 Å². The summed E-state index contributed by atoms with van der Waals surface area (Å²) in [7, 11) is 0. The van der Waals surface area contributed by atoms with Crippen molar-refractivity contribution in [3.05, 3.63) is 46.5 Å². The van der Waals surface area contributed by atoms with Gasteiger partial charge in [-0.05, 0) is 17.7 Å². The molecular weight excluding hydrogens is 258 g/mol. The third kappa shape index (κ3) is 3.10. The molecule has 0 saturated carbocycles. The van der Waals surface area contributed by atoms with Crippen LogP contribution in [0.2, 0.25) is 0 Å². The molecule has 94 valence electrons. The Balaban J connectivity index is 2.00. The number of Topliss-reactive ketones (excluding diaryl/α,β-unsaturated/α-hetero) is 1. The van der Waals surface area contributed by atoms with E-state index in [0.717, 1.165) is 12.1 Å². The zero-order valence-electron chi connectivity index (χ0n) is 9.32. The van der Waals surface area contributed by atoms with Crippen LogP contribution in [0.4, 0.5) is 13.9 Å². The Morgan fingerprint density at radius 3 is 2.67 bits per heavy atom. The minimum atomic E-state index is -0.946. The van der Waals surface area contributed by atoms with Crippen LogP contribution in [0.3, 0.4) is 0 Å². The summed E-state index contributed by atoms with van der Waals surface area (Å²) in [6.07, 6.45) is 0.196. The molecule has 0 atom stereocenters. The van der Waals surface area contributed by atoms with Gasteiger partial charge in [0.25, 0.3) is 0 Å². The van der Waals surface area contributed by atoms with Crippen LogP contribution in [0.1, 0.15) is 11.3 Å². The average Bonchev–Trinajstić information content (AvgIpc) is 2.69. The average molecular weight is 268 g/mol. The first-order valence-electron chi connectivity index (χ1n) is 5.20. The summed E-state index contributed by atoms with van der Waals surface area (Å²) in [5, 5.41) is 2.11. The number of nitrogens with zero attached hydrogens (tertiary/aromatic N) is 1. The van der Waals surface area contributed by atoms with Crippen LogP contribution in [-0.2, 0) is 17.6 Å². The molecule has 0 spiro atoms. The first-order valence-corrected chi connectivity index (χ1v) is 6.08. The zero-order valence-corrected chi connectivity index (χ0v) is 10.1. The van der Waals surface area contributed by atoms with Gasteiger partial charge < -0.3 is 5.73 Å². The molecule has 0 fully saturated rings. The van der Waals surface area contributed by atoms with Crippen LogP contribution in [0.25, 0.3) is 0 Å². The summed E-state index contributed by atoms with van der Waals surface area (Å²) < 4.78 is 25.6. The molecular formula is C12H10F2N2OS. The van der Waals surface area contributed by atoms with Crippen molar-refractivity contribution < 1.29 is 13.6 Å². The second kappa shape index (κ2) is 5.22. The number of hydrogen-bond acceptors (Lipinski definition) is 4. The van der Waals surface area contributed by atoms with Gasteiger partial charge >= 0.3 is 0 Å². The van der Waals surface area contributed by atoms with Crippen LogP contribution in [0.5, 0.6) is 0 Å². The van der Waals surface area contributed by atoms with E-state index in [1.807, 2.05) is 0 Å². The second-order valence-corrected chi connectivity index (χ2v) is 4.71. The number of anilines is 1. The summed E-state index contributed by atoms with van der Waals surface area (Å²) in [5.41, 5.74) is 6.50. The number of hydrogen-bond donors (Lipinski definition) is 1. The quantitative estimate of drug-likeness (QED) is 0.926. The number of carbonyl (C=O) groups excluding carboxylic acids is 1. The normalized spacial score (nSPS) is 10.6. The van der Waals surface area contributed by atoms with Gasteiger partial charge in [0.1, 0.15) is 5.78 Å². The molecule has 2 rings (SSSR count). The Kier molecular flexibility index (Phi) is 3.66. The van der Waals surface area contributed by atoms with Crippen LogP contribution >= 0.6 is 11.3 Å². The molecule has 0 aliphatic heterocycles. The van der Waals surface area contributed by atoms with Gasteiger partial charge in [0, 0.05) is 18.2 Å². The molecule has 0 bridgehead atoms. The fourth-order valence-corrected chi connectivity index (χ4v) is 2.11. The van der Waals surface area contributed by atoms with Crippen LogP contribution in [-0.4, -0.2) is 10.8 Å². The number of nitrogen functional groups attached to an aromatic ring is 1. The lowest BCUT2D eigenvalue weighted by molar-refractivity contribution is -0.117. The molecule has 6 heteroatoms. The molecule has 0 saturated heterocycles. The topological polar surface area (TPSA) is 56.0 Å². The highest BCUT2D eigenvalue weighted by atomic mass is 32.1. The molecule has 0 aliphatic carbocycles. The molecule has 18 heavy (non-hydrogen) atoms. The fourth-order valence-electron chi connectivity index (χ4n) is 1.55. The number of rotatable bonds is 4. The SMILES string of the molecule is Nc1nc(CC(=O)Cc2ccc(F)c(F)c2)cs1. The van der Waals surface area contributed by atoms with Crippen molar-refractivity contribution in [2.75, 3.05) is 5.73 Å². The van der Waals surface area contributed by atoms with E-state index in [2.05, 4.69) is 4.98 Å². The molecule has 0 unspecified atom stereocenters. The highest BCUT2D eigenvalue weighted by Crippen LogP contribution is 2.14. The van der Waals surface area contributed by atoms with E-state index in [-0.39, 0.29) is 18.6 Å². The Morgan fingerprint density at radius 2 is 2.06 bits per heavy atom. The Labute approximate surface area is 106 Å². The van der Waals surface area contributed by atoms with Gasteiger partial charge in [-0.3, -0.25) is 4.79 Å². The first kappa shape index (κ1) is 12.6. The number of thiazole rings is 1. The van der Waals surface area contributed by atoms with Gasteiger partial charge in [-0.25, -0.2) is 13.8 Å². The van der Waals surface area contributed by atoms with Crippen molar-refractivity contribution in [1.82, 2.24) is 4.98 Å². The molecule has 2 N–H and O–H groups in total. The lowest BCUT2D eigenvalue weighted by atomic mass is 10.1. The predicted octanol–water partition coefficient (Wildman–Crippen LogP) is 2.36. The number of aromatic nitrogens is 1. The highest BCUT2D eigenvalue weighted by molar-refractivity contribution is 7.13. The van der Waals surface area contributed by atoms with Crippen LogP contribution < -0.4 is 5.73 Å². The van der Waals surface area contributed by atoms with E-state index in [9.17, 15) is 13.6 Å². The Morgan fingerprint density at radius 1 is 1.28 bits per heavy atom. The summed E-state index contributed by atoms with van der Waals surface area (Å²) in [5.74, 6) is -1.98. The van der Waals surface area contributed by atoms with Gasteiger partial charge in [-0.15, -0.1) is 11.3 Å². The van der Waals surface area contributed by atoms with Crippen molar-refractivity contribution in [2.45, 2.75) is 12.8 Å². The maximum absolute atomic E-state index is 12.9. The molecule has 1 heterocycles. The smallest absolute Gasteiger partial charge is 0.180 e. The van der Waals surface area contributed by atoms with Crippen LogP contribution in [0.15, 0.2) is 23.6 Å². The van der Waals surface area contributed by atoms with Gasteiger partial charge in [0.05, 0.1) is 5.69 Å². The highest BCUT2D eigenvalue weighted by Gasteiger charge is 2.10. The minimum Gasteiger partial charge on any atom is -0.375 e. The standard InChI is InChI=1S/C12H10F2N2OS/c13-10-2-1-7(4-11(10)14)3-9(17)5-8-6-18-12(15)16-8/h1-2,4,6H,3,5H2,(H2,15,16). The van der Waals surface area contributed by atoms with E-state index in [4.69, 9.17) is 5.73 Å². The maximum Gasteiger partial charge on any atom is 0.180 e. The molecule has 0 aliphatic rings. The van der Waals surface area contributed by atoms with E-state index in [1.165, 1.54) is 17.4 Å². The summed E-state index contributed by atoms with van der Waals surface area (Å²) in [6, 6.07) is 3.44. The number of halogens is 2. The Bertz CT molecular complexity index is 583. The number of ketones is 1. The van der Waals surface area contributed by atoms with Crippen molar-refractivity contribution in [3.8, 4) is 0 Å². The number of benzene rings is 1. The third-order valence-corrected chi connectivity index (χ3v) is 3.06. The minimum absolute atomic E-state index is 0.0502. The maximum atomic E-state index is 12.9. The zero-order chi connectivity index (χ0) is 13.1. The van der Waals surface area contributed by atoms with Crippen molar-refractivity contribution in [3.63, 3.8) is 0 Å². The molecule has 1 aromatic carbocycles. The largest absolute Gasteiger partial charge is 0.375 e. The Hall–Kier alpha value is -1.82. The van der Waals surface area contributed by atoms with Crippen molar-refractivity contribution in [2.24, 2.45) is 0 Å². The van der Waals surface area contributed by atoms with E-state index < -0.39 is 11.6 Å². The first-order chi connectivity index (χ1) is 8.54. The third-order valence-electron chi connectivity index (χ3n) is 2.33. The number of nitrogens with two attached hydrogens (primary N) is 1. The van der Waals surface area contributed by atoms with Crippen molar-refractivity contribution >= 4 is 22.3 Å². The second-order valence-electron chi connectivity index (χ2n) is 3.82. The monoisotopic (exact) mass is 268 g/mol. The van der Waals surface area contributed by atoms with Gasteiger partial charge in [0.2, 0.25) is 0 Å². The van der Waals surface area contributed by atoms with Gasteiger partial charge in [-0.2, -0.15) is 0 Å². The van der Waals surface area contributed by atoms with E-state index >= 15 is 0 Å². The fraction of sp³-hybridized carbons (Fsp3) is 0.167. The molecule has 1 aromatic heterocycles. The van der Waals surface area contributed by atoms with Gasteiger partial charge in [0.15, 0.2) is 16.8 Å². The van der Waals surface area contributed by atoms with E-state index in [0.29, 0.717) is 16.4 Å². The molecule has 0 radical (unpaired) electrons. The molecule has 3 nitrogen and oxygen atoms in total. The lowest BCUT2D eigenvalue weighted by Crippen LogP contribution is -2.07. The van der Waals surface area contributed by atoms with Crippen LogP contribution in [0, 0.1) is 11.6 Å². The lowest BCUT2D eigenvalue weighted by Gasteiger charge is -2.01. The molecule has 0 amide bonds.